The number of allylic oxidation sites excluding steroid dienone is 5. The van der Waals surface area contributed by atoms with Gasteiger partial charge in [0, 0.05) is 19.3 Å². The average molecular weight is 489 g/mol. The van der Waals surface area contributed by atoms with E-state index in [1.165, 1.54) is 30.2 Å². The minimum Gasteiger partial charge on any atom is -0.460 e. The van der Waals surface area contributed by atoms with Gasteiger partial charge in [0.15, 0.2) is 0 Å². The minimum atomic E-state index is -1.05. The summed E-state index contributed by atoms with van der Waals surface area (Å²) in [6, 6.07) is 0. The number of hydrogen-bond donors (Lipinski definition) is 2. The van der Waals surface area contributed by atoms with Gasteiger partial charge in [-0.2, -0.15) is 0 Å². The van der Waals surface area contributed by atoms with Crippen molar-refractivity contribution in [3.63, 3.8) is 0 Å². The molecule has 0 aromatic heterocycles. The van der Waals surface area contributed by atoms with Crippen LogP contribution in [-0.2, 0) is 9.53 Å². The highest BCUT2D eigenvalue weighted by atomic mass is 32.2. The number of aliphatic hydroxyl groups excluding tert-OH is 1. The molecule has 0 spiro atoms. The van der Waals surface area contributed by atoms with Gasteiger partial charge < -0.3 is 14.9 Å². The Kier molecular flexibility index (Phi) is 8.63. The first kappa shape index (κ1) is 27.3. The summed E-state index contributed by atoms with van der Waals surface area (Å²) in [4.78, 5) is 10.9. The van der Waals surface area contributed by atoms with Crippen LogP contribution in [0.2, 0.25) is 0 Å². The van der Waals surface area contributed by atoms with Gasteiger partial charge in [-0.3, -0.25) is 4.79 Å². The zero-order valence-corrected chi connectivity index (χ0v) is 22.6. The van der Waals surface area contributed by atoms with Gasteiger partial charge in [0.2, 0.25) is 0 Å². The van der Waals surface area contributed by atoms with E-state index in [-0.39, 0.29) is 17.8 Å². The molecule has 4 atom stereocenters. The lowest BCUT2D eigenvalue weighted by atomic mass is 9.64. The molecule has 0 aliphatic heterocycles. The highest BCUT2D eigenvalue weighted by molar-refractivity contribution is 8.00. The Labute approximate surface area is 210 Å². The zero-order valence-electron chi connectivity index (χ0n) is 21.8. The maximum absolute atomic E-state index is 11.9. The number of carbonyl (C=O) groups excluding carboxylic acids is 1. The van der Waals surface area contributed by atoms with Gasteiger partial charge in [0.05, 0.1) is 6.10 Å². The molecule has 4 nitrogen and oxygen atoms in total. The summed E-state index contributed by atoms with van der Waals surface area (Å²) in [5.74, 6) is 0.988. The van der Waals surface area contributed by atoms with Gasteiger partial charge in [-0.1, -0.05) is 49.8 Å². The van der Waals surface area contributed by atoms with E-state index in [0.717, 1.165) is 24.8 Å². The molecule has 0 aromatic carbocycles. The van der Waals surface area contributed by atoms with E-state index in [2.05, 4.69) is 38.7 Å². The maximum atomic E-state index is 11.9. The molecule has 0 bridgehead atoms. The molecular weight excluding hydrogens is 444 g/mol. The van der Waals surface area contributed by atoms with E-state index in [1.807, 2.05) is 20.8 Å². The third-order valence-electron chi connectivity index (χ3n) is 7.70. The molecular formula is C29H44O4S. The van der Waals surface area contributed by atoms with Crippen molar-refractivity contribution in [2.75, 3.05) is 5.75 Å². The van der Waals surface area contributed by atoms with Crippen LogP contribution in [0.15, 0.2) is 47.1 Å². The molecule has 0 amide bonds. The molecule has 5 heteroatoms. The molecule has 34 heavy (non-hydrogen) atoms. The van der Waals surface area contributed by atoms with Gasteiger partial charge in [0.1, 0.15) is 10.5 Å². The third-order valence-corrected chi connectivity index (χ3v) is 9.04. The first-order valence-electron chi connectivity index (χ1n) is 12.9. The molecule has 0 aromatic rings. The monoisotopic (exact) mass is 488 g/mol. The van der Waals surface area contributed by atoms with Crippen molar-refractivity contribution in [2.45, 2.75) is 109 Å². The van der Waals surface area contributed by atoms with Gasteiger partial charge in [-0.05, 0) is 87.5 Å². The Bertz CT molecular complexity index is 877. The minimum absolute atomic E-state index is 0.212. The predicted octanol–water partition coefficient (Wildman–Crippen LogP) is 6.64. The van der Waals surface area contributed by atoms with Crippen LogP contribution in [0, 0.1) is 11.3 Å². The van der Waals surface area contributed by atoms with Crippen molar-refractivity contribution >= 4 is 17.7 Å². The third kappa shape index (κ3) is 6.47. The van der Waals surface area contributed by atoms with Crippen molar-refractivity contribution in [1.29, 1.82) is 0 Å². The molecule has 3 rings (SSSR count). The van der Waals surface area contributed by atoms with Crippen LogP contribution in [0.3, 0.4) is 0 Å². The second-order valence-electron chi connectivity index (χ2n) is 11.5. The number of esters is 1. The van der Waals surface area contributed by atoms with Crippen molar-refractivity contribution in [3.8, 4) is 0 Å². The molecule has 2 saturated carbocycles. The summed E-state index contributed by atoms with van der Waals surface area (Å²) in [5, 5.41) is 21.9. The molecule has 0 radical (unpaired) electrons. The number of thioether (sulfide) groups is 1. The van der Waals surface area contributed by atoms with Crippen LogP contribution < -0.4 is 0 Å². The quantitative estimate of drug-likeness (QED) is 0.182. The summed E-state index contributed by atoms with van der Waals surface area (Å²) in [6.45, 7) is 14.4. The van der Waals surface area contributed by atoms with Crippen LogP contribution >= 0.6 is 11.8 Å². The Morgan fingerprint density at radius 2 is 2.09 bits per heavy atom. The van der Waals surface area contributed by atoms with E-state index in [4.69, 9.17) is 4.74 Å². The van der Waals surface area contributed by atoms with Crippen molar-refractivity contribution < 1.29 is 19.7 Å². The van der Waals surface area contributed by atoms with Crippen LogP contribution in [0.5, 0.6) is 0 Å². The Balaban J connectivity index is 1.63. The lowest BCUT2D eigenvalue weighted by Crippen LogP contribution is -2.37. The summed E-state index contributed by atoms with van der Waals surface area (Å²) >= 11 is 1.43. The van der Waals surface area contributed by atoms with Crippen molar-refractivity contribution in [3.05, 3.63) is 47.1 Å². The second-order valence-corrected chi connectivity index (χ2v) is 12.9. The predicted molar refractivity (Wildman–Crippen MR) is 141 cm³/mol. The van der Waals surface area contributed by atoms with Crippen LogP contribution in [-0.4, -0.2) is 38.6 Å². The highest BCUT2D eigenvalue weighted by Crippen LogP contribution is 2.55. The van der Waals surface area contributed by atoms with E-state index in [9.17, 15) is 15.0 Å². The fourth-order valence-electron chi connectivity index (χ4n) is 5.93. The first-order valence-corrected chi connectivity index (χ1v) is 13.9. The van der Waals surface area contributed by atoms with E-state index >= 15 is 0 Å². The first-order chi connectivity index (χ1) is 15.9. The number of ether oxygens (including phenoxy) is 1. The van der Waals surface area contributed by atoms with Crippen molar-refractivity contribution in [1.82, 2.24) is 0 Å². The molecule has 0 saturated heterocycles. The van der Waals surface area contributed by atoms with E-state index < -0.39 is 16.6 Å². The van der Waals surface area contributed by atoms with E-state index in [1.54, 1.807) is 5.57 Å². The van der Waals surface area contributed by atoms with Gasteiger partial charge >= 0.3 is 5.97 Å². The number of rotatable bonds is 7. The topological polar surface area (TPSA) is 66.8 Å². The normalized spacial score (nSPS) is 34.3. The molecule has 1 unspecified atom stereocenters. The van der Waals surface area contributed by atoms with Crippen LogP contribution in [0.1, 0.15) is 92.4 Å². The summed E-state index contributed by atoms with van der Waals surface area (Å²) in [7, 11) is 0. The molecule has 2 fully saturated rings. The van der Waals surface area contributed by atoms with Gasteiger partial charge in [0.25, 0.3) is 0 Å². The van der Waals surface area contributed by atoms with Crippen molar-refractivity contribution in [2.24, 2.45) is 11.3 Å². The number of carbonyl (C=O) groups is 1. The molecule has 0 heterocycles. The Hall–Kier alpha value is -1.30. The summed E-state index contributed by atoms with van der Waals surface area (Å²) in [5.41, 5.74) is 4.54. The van der Waals surface area contributed by atoms with E-state index in [0.29, 0.717) is 36.5 Å². The molecule has 3 aliphatic rings. The molecule has 2 N–H and O–H groups in total. The summed E-state index contributed by atoms with van der Waals surface area (Å²) in [6.07, 6.45) is 13.6. The van der Waals surface area contributed by atoms with Gasteiger partial charge in [-0.15, -0.1) is 11.8 Å². The van der Waals surface area contributed by atoms with Gasteiger partial charge in [-0.25, -0.2) is 0 Å². The molecule has 3 aliphatic carbocycles. The SMILES string of the molecule is C=C1C(=CC=C2CCC[C@]3(C)C(CC)=CC[C@@H]23)C[C@](O)(SCCCC(=O)OC(C)(C)C)CC1O. The fraction of sp³-hybridized carbons (Fsp3) is 0.690. The molecule has 190 valence electrons. The number of fused-ring (bicyclic) bond motifs is 1. The number of aliphatic hydroxyl groups is 2. The zero-order chi connectivity index (χ0) is 25.1. The van der Waals surface area contributed by atoms with Crippen LogP contribution in [0.25, 0.3) is 0 Å². The largest absolute Gasteiger partial charge is 0.460 e. The number of hydrogen-bond acceptors (Lipinski definition) is 5. The average Bonchev–Trinajstić information content (AvgIpc) is 3.08. The Morgan fingerprint density at radius 1 is 1.35 bits per heavy atom. The lowest BCUT2D eigenvalue weighted by Gasteiger charge is -2.41. The maximum Gasteiger partial charge on any atom is 0.306 e. The summed E-state index contributed by atoms with van der Waals surface area (Å²) < 4.78 is 5.36. The standard InChI is InChI=1S/C29H44O4S/c1-7-23-14-15-24-21(10-8-16-28(23,24)6)12-13-22-18-29(32,19-25(30)20(22)2)34-17-9-11-26(31)33-27(3,4)5/h12-14,24-25,30,32H,2,7-11,15-19H2,1,3-6H3/t24-,25?,28+,29-/m0/s1. The highest BCUT2D eigenvalue weighted by Gasteiger charge is 2.44. The lowest BCUT2D eigenvalue weighted by molar-refractivity contribution is -0.154. The Morgan fingerprint density at radius 3 is 2.76 bits per heavy atom. The fourth-order valence-corrected chi connectivity index (χ4v) is 7.13. The smallest absolute Gasteiger partial charge is 0.306 e. The van der Waals surface area contributed by atoms with Crippen LogP contribution in [0.4, 0.5) is 0 Å². The second kappa shape index (κ2) is 10.8.